The van der Waals surface area contributed by atoms with Crippen molar-refractivity contribution in [2.75, 3.05) is 18.4 Å². The number of amides is 2. The molecule has 0 saturated heterocycles. The number of hydrogen-bond donors (Lipinski definition) is 2. The van der Waals surface area contributed by atoms with Gasteiger partial charge >= 0.3 is 11.8 Å². The number of hydrogen-bond acceptors (Lipinski definition) is 4. The second kappa shape index (κ2) is 7.41. The number of carbonyl (C=O) groups excluding carboxylic acids is 2. The molecule has 0 spiro atoms. The lowest BCUT2D eigenvalue weighted by Crippen LogP contribution is -2.40. The Labute approximate surface area is 106 Å². The molecule has 2 amide bonds. The zero-order valence-electron chi connectivity index (χ0n) is 10.8. The van der Waals surface area contributed by atoms with Gasteiger partial charge in [-0.05, 0) is 12.8 Å². The second-order valence-corrected chi connectivity index (χ2v) is 3.93. The van der Waals surface area contributed by atoms with Gasteiger partial charge in [0, 0.05) is 13.1 Å². The molecule has 0 saturated carbocycles. The van der Waals surface area contributed by atoms with Crippen molar-refractivity contribution in [2.24, 2.45) is 0 Å². The molecule has 7 nitrogen and oxygen atoms in total. The van der Waals surface area contributed by atoms with Crippen LogP contribution in [0.3, 0.4) is 0 Å². The van der Waals surface area contributed by atoms with Crippen molar-refractivity contribution in [3.05, 3.63) is 6.33 Å². The Morgan fingerprint density at radius 2 is 2.11 bits per heavy atom. The van der Waals surface area contributed by atoms with E-state index >= 15 is 0 Å². The molecule has 0 unspecified atom stereocenters. The highest BCUT2D eigenvalue weighted by molar-refractivity contribution is 6.39. The number of nitrogens with one attached hydrogen (secondary N) is 2. The van der Waals surface area contributed by atoms with E-state index in [1.54, 1.807) is 4.90 Å². The minimum absolute atomic E-state index is 0.181. The molecule has 0 bridgehead atoms. The van der Waals surface area contributed by atoms with E-state index in [1.807, 2.05) is 13.8 Å². The molecule has 18 heavy (non-hydrogen) atoms. The number of aromatic amines is 1. The third-order valence-corrected chi connectivity index (χ3v) is 2.40. The van der Waals surface area contributed by atoms with Gasteiger partial charge in [-0.1, -0.05) is 20.3 Å². The van der Waals surface area contributed by atoms with Crippen molar-refractivity contribution in [2.45, 2.75) is 33.1 Å². The Morgan fingerprint density at radius 3 is 2.67 bits per heavy atom. The van der Waals surface area contributed by atoms with Crippen LogP contribution >= 0.6 is 0 Å². The normalized spacial score (nSPS) is 10.1. The van der Waals surface area contributed by atoms with Gasteiger partial charge in [0.2, 0.25) is 5.95 Å². The summed E-state index contributed by atoms with van der Waals surface area (Å²) in [6, 6.07) is 0. The number of carbonyl (C=O) groups is 2. The van der Waals surface area contributed by atoms with Gasteiger partial charge < -0.3 is 4.90 Å². The minimum atomic E-state index is -0.684. The van der Waals surface area contributed by atoms with Crippen molar-refractivity contribution >= 4 is 17.8 Å². The Bertz CT molecular complexity index is 377. The molecule has 1 aromatic heterocycles. The van der Waals surface area contributed by atoms with Crippen LogP contribution in [-0.2, 0) is 9.59 Å². The molecule has 1 heterocycles. The van der Waals surface area contributed by atoms with E-state index in [4.69, 9.17) is 0 Å². The molecule has 1 rings (SSSR count). The SMILES string of the molecule is CCCCN(CCC)C(=O)C(=O)Nc1ncn[nH]1. The van der Waals surface area contributed by atoms with Gasteiger partial charge in [0.1, 0.15) is 6.33 Å². The number of H-pyrrole nitrogens is 1. The molecule has 0 aliphatic rings. The summed E-state index contributed by atoms with van der Waals surface area (Å²) in [6.07, 6.45) is 3.96. The first-order valence-corrected chi connectivity index (χ1v) is 6.14. The Hall–Kier alpha value is -1.92. The average molecular weight is 253 g/mol. The maximum atomic E-state index is 11.9. The molecule has 100 valence electrons. The second-order valence-electron chi connectivity index (χ2n) is 3.93. The summed E-state index contributed by atoms with van der Waals surface area (Å²) in [5.74, 6) is -1.03. The summed E-state index contributed by atoms with van der Waals surface area (Å²) in [4.78, 5) is 28.9. The van der Waals surface area contributed by atoms with Crippen molar-refractivity contribution in [1.29, 1.82) is 0 Å². The van der Waals surface area contributed by atoms with Crippen LogP contribution in [0.15, 0.2) is 6.33 Å². The van der Waals surface area contributed by atoms with Crippen LogP contribution < -0.4 is 5.32 Å². The highest BCUT2D eigenvalue weighted by Crippen LogP contribution is 2.00. The average Bonchev–Trinajstić information content (AvgIpc) is 2.86. The van der Waals surface area contributed by atoms with E-state index in [1.165, 1.54) is 6.33 Å². The Morgan fingerprint density at radius 1 is 1.33 bits per heavy atom. The summed E-state index contributed by atoms with van der Waals surface area (Å²) in [6.45, 7) is 5.21. The smallest absolute Gasteiger partial charge is 0.316 e. The predicted molar refractivity (Wildman–Crippen MR) is 66.8 cm³/mol. The summed E-state index contributed by atoms with van der Waals surface area (Å²) < 4.78 is 0. The van der Waals surface area contributed by atoms with Gasteiger partial charge in [-0.25, -0.2) is 5.10 Å². The van der Waals surface area contributed by atoms with Crippen molar-refractivity contribution in [1.82, 2.24) is 20.1 Å². The topological polar surface area (TPSA) is 91.0 Å². The van der Waals surface area contributed by atoms with Gasteiger partial charge in [0.25, 0.3) is 0 Å². The first kappa shape index (κ1) is 14.1. The van der Waals surface area contributed by atoms with Crippen molar-refractivity contribution < 1.29 is 9.59 Å². The third kappa shape index (κ3) is 4.15. The molecular formula is C11H19N5O2. The molecule has 2 N–H and O–H groups in total. The van der Waals surface area contributed by atoms with Crippen LogP contribution in [0, 0.1) is 0 Å². The maximum absolute atomic E-state index is 11.9. The number of nitrogens with zero attached hydrogens (tertiary/aromatic N) is 3. The van der Waals surface area contributed by atoms with E-state index in [0.717, 1.165) is 19.3 Å². The summed E-state index contributed by atoms with van der Waals surface area (Å²) in [7, 11) is 0. The highest BCUT2D eigenvalue weighted by atomic mass is 16.2. The van der Waals surface area contributed by atoms with Crippen LogP contribution in [-0.4, -0.2) is 45.0 Å². The van der Waals surface area contributed by atoms with E-state index in [0.29, 0.717) is 13.1 Å². The van der Waals surface area contributed by atoms with Crippen molar-refractivity contribution in [3.63, 3.8) is 0 Å². The van der Waals surface area contributed by atoms with E-state index in [2.05, 4.69) is 20.5 Å². The molecule has 7 heteroatoms. The first-order chi connectivity index (χ1) is 8.69. The molecule has 0 atom stereocenters. The first-order valence-electron chi connectivity index (χ1n) is 6.14. The summed E-state index contributed by atoms with van der Waals surface area (Å²) >= 11 is 0. The zero-order valence-corrected chi connectivity index (χ0v) is 10.8. The van der Waals surface area contributed by atoms with E-state index in [9.17, 15) is 9.59 Å². The van der Waals surface area contributed by atoms with Crippen LogP contribution in [0.2, 0.25) is 0 Å². The Balaban J connectivity index is 2.55. The fourth-order valence-corrected chi connectivity index (χ4v) is 1.50. The lowest BCUT2D eigenvalue weighted by atomic mass is 10.3. The zero-order chi connectivity index (χ0) is 13.4. The van der Waals surface area contributed by atoms with Crippen LogP contribution in [0.4, 0.5) is 5.95 Å². The van der Waals surface area contributed by atoms with Crippen molar-refractivity contribution in [3.8, 4) is 0 Å². The number of rotatable bonds is 6. The number of anilines is 1. The molecule has 0 aromatic carbocycles. The quantitative estimate of drug-likeness (QED) is 0.733. The molecule has 1 aromatic rings. The fraction of sp³-hybridized carbons (Fsp3) is 0.636. The number of unbranched alkanes of at least 4 members (excludes halogenated alkanes) is 1. The third-order valence-electron chi connectivity index (χ3n) is 2.40. The van der Waals surface area contributed by atoms with E-state index < -0.39 is 11.8 Å². The summed E-state index contributed by atoms with van der Waals surface area (Å²) in [5.41, 5.74) is 0. The largest absolute Gasteiger partial charge is 0.334 e. The predicted octanol–water partition coefficient (Wildman–Crippen LogP) is 0.782. The van der Waals surface area contributed by atoms with Crippen LogP contribution in [0.25, 0.3) is 0 Å². The monoisotopic (exact) mass is 253 g/mol. The summed E-state index contributed by atoms with van der Waals surface area (Å²) in [5, 5.41) is 8.44. The lowest BCUT2D eigenvalue weighted by molar-refractivity contribution is -0.143. The highest BCUT2D eigenvalue weighted by Gasteiger charge is 2.21. The van der Waals surface area contributed by atoms with Gasteiger partial charge in [0.05, 0.1) is 0 Å². The standard InChI is InChI=1S/C11H19N5O2/c1-3-5-7-16(6-4-2)10(18)9(17)14-11-12-8-13-15-11/h8H,3-7H2,1-2H3,(H2,12,13,14,15,17). The Kier molecular flexibility index (Phi) is 5.83. The van der Waals surface area contributed by atoms with E-state index in [-0.39, 0.29) is 5.95 Å². The fourth-order valence-electron chi connectivity index (χ4n) is 1.50. The maximum Gasteiger partial charge on any atom is 0.316 e. The molecular weight excluding hydrogens is 234 g/mol. The van der Waals surface area contributed by atoms with Crippen LogP contribution in [0.5, 0.6) is 0 Å². The lowest BCUT2D eigenvalue weighted by Gasteiger charge is -2.20. The minimum Gasteiger partial charge on any atom is -0.334 e. The van der Waals surface area contributed by atoms with Gasteiger partial charge in [-0.3, -0.25) is 14.9 Å². The van der Waals surface area contributed by atoms with Gasteiger partial charge in [-0.2, -0.15) is 10.1 Å². The molecule has 0 fully saturated rings. The van der Waals surface area contributed by atoms with Gasteiger partial charge in [0.15, 0.2) is 0 Å². The molecule has 0 aliphatic carbocycles. The molecule has 0 radical (unpaired) electrons. The van der Waals surface area contributed by atoms with Crippen LogP contribution in [0.1, 0.15) is 33.1 Å². The number of aromatic nitrogens is 3. The van der Waals surface area contributed by atoms with Gasteiger partial charge in [-0.15, -0.1) is 0 Å². The molecule has 0 aliphatic heterocycles.